The molecule has 2 heterocycles. The summed E-state index contributed by atoms with van der Waals surface area (Å²) in [6.45, 7) is 0.764. The topological polar surface area (TPSA) is 111 Å². The van der Waals surface area contributed by atoms with Crippen LogP contribution in [0.25, 0.3) is 11.3 Å². The van der Waals surface area contributed by atoms with E-state index in [1.807, 2.05) is 6.07 Å². The molecule has 2 amide bonds. The molecule has 0 bridgehead atoms. The fourth-order valence-electron chi connectivity index (χ4n) is 4.12. The minimum absolute atomic E-state index is 0.0624. The number of aromatic nitrogens is 2. The third-order valence-corrected chi connectivity index (χ3v) is 6.25. The maximum absolute atomic E-state index is 12.9. The van der Waals surface area contributed by atoms with Gasteiger partial charge in [-0.05, 0) is 38.0 Å². The van der Waals surface area contributed by atoms with Crippen LogP contribution in [0, 0.1) is 24.2 Å². The first-order valence-electron chi connectivity index (χ1n) is 11.5. The third kappa shape index (κ3) is 6.09. The van der Waals surface area contributed by atoms with E-state index in [0.29, 0.717) is 16.8 Å². The number of hydrogen-bond donors (Lipinski definition) is 1. The molecule has 1 aliphatic carbocycles. The van der Waals surface area contributed by atoms with Crippen molar-refractivity contribution in [2.75, 3.05) is 38.0 Å². The van der Waals surface area contributed by atoms with E-state index < -0.39 is 18.3 Å². The van der Waals surface area contributed by atoms with Gasteiger partial charge in [0, 0.05) is 43.7 Å². The average Bonchev–Trinajstić information content (AvgIpc) is 3.66. The average molecular weight is 502 g/mol. The summed E-state index contributed by atoms with van der Waals surface area (Å²) in [5, 5.41) is 12.1. The number of rotatable bonds is 6. The standard InChI is InChI=1S/C24H25F3N6O3/c1-15-29-20(18-5-2-16(12-28)10-19(18)30-23(36)17-3-4-17)11-21(34)33(15)13-22(35)32-8-6-31(7-9-32)14-24(25,26)27/h2,5,10-11,17H,3-4,6-9,13-14H2,1H3,(H,30,36). The molecule has 1 saturated heterocycles. The first-order valence-corrected chi connectivity index (χ1v) is 11.5. The lowest BCUT2D eigenvalue weighted by molar-refractivity contribution is -0.151. The van der Waals surface area contributed by atoms with Gasteiger partial charge >= 0.3 is 6.18 Å². The maximum atomic E-state index is 12.9. The monoisotopic (exact) mass is 502 g/mol. The Hall–Kier alpha value is -3.72. The minimum atomic E-state index is -4.29. The Kier molecular flexibility index (Phi) is 7.12. The number of benzene rings is 1. The molecule has 1 aromatic carbocycles. The molecule has 1 N–H and O–H groups in total. The van der Waals surface area contributed by atoms with Gasteiger partial charge in [0.15, 0.2) is 0 Å². The summed E-state index contributed by atoms with van der Waals surface area (Å²) in [5.41, 5.74) is 1.00. The molecule has 2 fully saturated rings. The third-order valence-electron chi connectivity index (χ3n) is 6.25. The number of piperazine rings is 1. The van der Waals surface area contributed by atoms with E-state index in [-0.39, 0.29) is 62.0 Å². The lowest BCUT2D eigenvalue weighted by Crippen LogP contribution is -2.52. The van der Waals surface area contributed by atoms with Crippen LogP contribution in [0.1, 0.15) is 24.2 Å². The van der Waals surface area contributed by atoms with Gasteiger partial charge in [0.25, 0.3) is 5.56 Å². The lowest BCUT2D eigenvalue weighted by Gasteiger charge is -2.35. The summed E-state index contributed by atoms with van der Waals surface area (Å²) in [5.74, 6) is -0.326. The van der Waals surface area contributed by atoms with E-state index in [1.165, 1.54) is 26.5 Å². The van der Waals surface area contributed by atoms with Crippen LogP contribution in [0.4, 0.5) is 18.9 Å². The highest BCUT2D eigenvalue weighted by Gasteiger charge is 2.33. The van der Waals surface area contributed by atoms with Crippen molar-refractivity contribution >= 4 is 17.5 Å². The van der Waals surface area contributed by atoms with Crippen molar-refractivity contribution in [3.63, 3.8) is 0 Å². The molecule has 0 atom stereocenters. The smallest absolute Gasteiger partial charge is 0.339 e. The molecule has 0 unspecified atom stereocenters. The molecule has 1 aliphatic heterocycles. The Morgan fingerprint density at radius 3 is 2.44 bits per heavy atom. The van der Waals surface area contributed by atoms with Gasteiger partial charge in [0.2, 0.25) is 11.8 Å². The lowest BCUT2D eigenvalue weighted by atomic mass is 10.1. The summed E-state index contributed by atoms with van der Waals surface area (Å²) >= 11 is 0. The summed E-state index contributed by atoms with van der Waals surface area (Å²) in [6, 6.07) is 7.98. The second kappa shape index (κ2) is 10.1. The SMILES string of the molecule is Cc1nc(-c2ccc(C#N)cc2NC(=O)C2CC2)cc(=O)n1CC(=O)N1CCN(CC(F)(F)F)CC1. The Balaban J connectivity index is 1.50. The van der Waals surface area contributed by atoms with Gasteiger partial charge in [-0.25, -0.2) is 4.98 Å². The molecule has 1 aromatic heterocycles. The van der Waals surface area contributed by atoms with E-state index in [9.17, 15) is 32.8 Å². The van der Waals surface area contributed by atoms with Gasteiger partial charge in [-0.15, -0.1) is 0 Å². The van der Waals surface area contributed by atoms with Crippen LogP contribution in [0.2, 0.25) is 0 Å². The van der Waals surface area contributed by atoms with Crippen molar-refractivity contribution in [1.29, 1.82) is 5.26 Å². The quantitative estimate of drug-likeness (QED) is 0.648. The zero-order valence-electron chi connectivity index (χ0n) is 19.6. The van der Waals surface area contributed by atoms with Crippen molar-refractivity contribution in [3.05, 3.63) is 46.0 Å². The number of nitrogens with zero attached hydrogens (tertiary/aromatic N) is 5. The number of hydrogen-bond acceptors (Lipinski definition) is 6. The highest BCUT2D eigenvalue weighted by molar-refractivity contribution is 5.97. The first kappa shape index (κ1) is 25.4. The number of amides is 2. The molecule has 12 heteroatoms. The predicted octanol–water partition coefficient (Wildman–Crippen LogP) is 2.15. The van der Waals surface area contributed by atoms with Crippen LogP contribution in [-0.2, 0) is 16.1 Å². The van der Waals surface area contributed by atoms with Crippen LogP contribution in [0.3, 0.4) is 0 Å². The summed E-state index contributed by atoms with van der Waals surface area (Å²) < 4.78 is 39.0. The Labute approximate surface area is 205 Å². The van der Waals surface area contributed by atoms with E-state index in [2.05, 4.69) is 10.3 Å². The van der Waals surface area contributed by atoms with Gasteiger partial charge in [-0.2, -0.15) is 18.4 Å². The summed E-state index contributed by atoms with van der Waals surface area (Å²) in [6.07, 6.45) is -2.69. The highest BCUT2D eigenvalue weighted by Crippen LogP contribution is 2.33. The van der Waals surface area contributed by atoms with E-state index in [0.717, 1.165) is 12.8 Å². The van der Waals surface area contributed by atoms with Crippen LogP contribution in [0.5, 0.6) is 0 Å². The molecular formula is C24H25F3N6O3. The molecule has 36 heavy (non-hydrogen) atoms. The fourth-order valence-corrected chi connectivity index (χ4v) is 4.12. The van der Waals surface area contributed by atoms with Gasteiger partial charge < -0.3 is 10.2 Å². The van der Waals surface area contributed by atoms with Gasteiger partial charge in [-0.3, -0.25) is 23.9 Å². The highest BCUT2D eigenvalue weighted by atomic mass is 19.4. The number of alkyl halides is 3. The van der Waals surface area contributed by atoms with Gasteiger partial charge in [0.05, 0.1) is 29.6 Å². The van der Waals surface area contributed by atoms with Crippen molar-refractivity contribution in [2.24, 2.45) is 5.92 Å². The number of nitriles is 1. The van der Waals surface area contributed by atoms with Crippen molar-refractivity contribution in [2.45, 2.75) is 32.5 Å². The largest absolute Gasteiger partial charge is 0.401 e. The molecule has 190 valence electrons. The number of aryl methyl sites for hydroxylation is 1. The Bertz CT molecular complexity index is 1270. The van der Waals surface area contributed by atoms with Crippen molar-refractivity contribution in [3.8, 4) is 17.3 Å². The van der Waals surface area contributed by atoms with Crippen molar-refractivity contribution < 1.29 is 22.8 Å². The number of halogens is 3. The summed E-state index contributed by atoms with van der Waals surface area (Å²) in [7, 11) is 0. The number of carbonyl (C=O) groups excluding carboxylic acids is 2. The van der Waals surface area contributed by atoms with Crippen LogP contribution in [-0.4, -0.2) is 70.1 Å². The molecule has 0 spiro atoms. The molecule has 2 aromatic rings. The zero-order valence-corrected chi connectivity index (χ0v) is 19.6. The molecule has 9 nitrogen and oxygen atoms in total. The minimum Gasteiger partial charge on any atom is -0.339 e. The van der Waals surface area contributed by atoms with E-state index in [4.69, 9.17) is 0 Å². The maximum Gasteiger partial charge on any atom is 0.401 e. The first-order chi connectivity index (χ1) is 17.0. The molecule has 2 aliphatic rings. The van der Waals surface area contributed by atoms with E-state index >= 15 is 0 Å². The fraction of sp³-hybridized carbons (Fsp3) is 0.458. The normalized spacial score (nSPS) is 16.5. The van der Waals surface area contributed by atoms with E-state index in [1.54, 1.807) is 19.1 Å². The second-order valence-corrected chi connectivity index (χ2v) is 9.02. The molecule has 1 saturated carbocycles. The summed E-state index contributed by atoms with van der Waals surface area (Å²) in [4.78, 5) is 45.1. The second-order valence-electron chi connectivity index (χ2n) is 9.02. The van der Waals surface area contributed by atoms with Crippen LogP contribution < -0.4 is 10.9 Å². The Morgan fingerprint density at radius 1 is 1.17 bits per heavy atom. The zero-order chi connectivity index (χ0) is 26.0. The number of nitrogens with one attached hydrogen (secondary N) is 1. The predicted molar refractivity (Wildman–Crippen MR) is 124 cm³/mol. The van der Waals surface area contributed by atoms with Crippen molar-refractivity contribution in [1.82, 2.24) is 19.4 Å². The molecular weight excluding hydrogens is 477 g/mol. The van der Waals surface area contributed by atoms with Gasteiger partial charge in [0.1, 0.15) is 12.4 Å². The van der Waals surface area contributed by atoms with Gasteiger partial charge in [-0.1, -0.05) is 0 Å². The van der Waals surface area contributed by atoms with Crippen LogP contribution >= 0.6 is 0 Å². The Morgan fingerprint density at radius 2 is 1.86 bits per heavy atom. The number of carbonyl (C=O) groups is 2. The van der Waals surface area contributed by atoms with Crippen LogP contribution in [0.15, 0.2) is 29.1 Å². The molecule has 4 rings (SSSR count). The molecule has 0 radical (unpaired) electrons. The number of anilines is 1.